The number of carbonyl (C=O) groups excluding carboxylic acids is 2. The molecule has 1 aromatic heterocycles. The summed E-state index contributed by atoms with van der Waals surface area (Å²) >= 11 is 0. The number of nitrogens with one attached hydrogen (secondary N) is 2. The summed E-state index contributed by atoms with van der Waals surface area (Å²) in [5.41, 5.74) is 3.04. The maximum Gasteiger partial charge on any atom is 0.287 e. The van der Waals surface area contributed by atoms with Crippen LogP contribution < -0.4 is 15.5 Å². The van der Waals surface area contributed by atoms with Crippen molar-refractivity contribution in [2.45, 2.75) is 0 Å². The average molecular weight is 301 g/mol. The van der Waals surface area contributed by atoms with E-state index >= 15 is 0 Å². The average Bonchev–Trinajstić information content (AvgIpc) is 3.07. The monoisotopic (exact) mass is 301 g/mol. The van der Waals surface area contributed by atoms with Gasteiger partial charge in [0.05, 0.1) is 26.1 Å². The van der Waals surface area contributed by atoms with Crippen LogP contribution in [0.2, 0.25) is 0 Å². The highest BCUT2D eigenvalue weighted by Gasteiger charge is 2.09. The fraction of sp³-hybridized carbons (Fsp3) is 0.133. The number of amides is 2. The SMILES string of the molecule is COc1ccccc1C=NNC(=O)CNC(=O)c1ccco1. The predicted molar refractivity (Wildman–Crippen MR) is 79.8 cm³/mol. The highest BCUT2D eigenvalue weighted by atomic mass is 16.5. The molecule has 2 N–H and O–H groups in total. The summed E-state index contributed by atoms with van der Waals surface area (Å²) in [7, 11) is 1.55. The highest BCUT2D eigenvalue weighted by Crippen LogP contribution is 2.14. The first-order valence-corrected chi connectivity index (χ1v) is 6.47. The van der Waals surface area contributed by atoms with Gasteiger partial charge >= 0.3 is 0 Å². The third-order valence-corrected chi connectivity index (χ3v) is 2.69. The minimum Gasteiger partial charge on any atom is -0.496 e. The van der Waals surface area contributed by atoms with Gasteiger partial charge in [-0.2, -0.15) is 5.10 Å². The Morgan fingerprint density at radius 2 is 2.09 bits per heavy atom. The minimum atomic E-state index is -0.464. The molecular formula is C15H15N3O4. The summed E-state index contributed by atoms with van der Waals surface area (Å²) in [6, 6.07) is 10.3. The van der Waals surface area contributed by atoms with Gasteiger partial charge in [0.15, 0.2) is 5.76 Å². The van der Waals surface area contributed by atoms with Crippen molar-refractivity contribution in [1.29, 1.82) is 0 Å². The summed E-state index contributed by atoms with van der Waals surface area (Å²) in [5, 5.41) is 6.22. The van der Waals surface area contributed by atoms with Gasteiger partial charge in [0.2, 0.25) is 0 Å². The predicted octanol–water partition coefficient (Wildman–Crippen LogP) is 1.17. The number of para-hydroxylation sites is 1. The number of ether oxygens (including phenoxy) is 1. The van der Waals surface area contributed by atoms with Crippen molar-refractivity contribution in [3.05, 3.63) is 54.0 Å². The number of methoxy groups -OCH3 is 1. The van der Waals surface area contributed by atoms with Crippen LogP contribution in [-0.4, -0.2) is 31.7 Å². The van der Waals surface area contributed by atoms with Gasteiger partial charge in [-0.05, 0) is 24.3 Å². The molecule has 0 bridgehead atoms. The second-order valence-corrected chi connectivity index (χ2v) is 4.20. The summed E-state index contributed by atoms with van der Waals surface area (Å²) in [6.45, 7) is -0.206. The van der Waals surface area contributed by atoms with Gasteiger partial charge < -0.3 is 14.5 Å². The molecule has 0 radical (unpaired) electrons. The van der Waals surface area contributed by atoms with E-state index in [-0.39, 0.29) is 12.3 Å². The zero-order valence-electron chi connectivity index (χ0n) is 11.9. The molecule has 0 aliphatic heterocycles. The van der Waals surface area contributed by atoms with Gasteiger partial charge in [-0.25, -0.2) is 5.43 Å². The van der Waals surface area contributed by atoms with E-state index in [4.69, 9.17) is 9.15 Å². The zero-order valence-corrected chi connectivity index (χ0v) is 11.9. The van der Waals surface area contributed by atoms with E-state index in [2.05, 4.69) is 15.8 Å². The van der Waals surface area contributed by atoms with Gasteiger partial charge in [-0.3, -0.25) is 9.59 Å². The first-order valence-electron chi connectivity index (χ1n) is 6.47. The van der Waals surface area contributed by atoms with Crippen molar-refractivity contribution in [2.75, 3.05) is 13.7 Å². The summed E-state index contributed by atoms with van der Waals surface area (Å²) in [4.78, 5) is 23.1. The Hall–Kier alpha value is -3.09. The van der Waals surface area contributed by atoms with E-state index < -0.39 is 11.8 Å². The lowest BCUT2D eigenvalue weighted by Gasteiger charge is -2.04. The van der Waals surface area contributed by atoms with E-state index in [0.717, 1.165) is 5.56 Å². The number of rotatable bonds is 6. The minimum absolute atomic E-state index is 0.144. The molecule has 0 fully saturated rings. The lowest BCUT2D eigenvalue weighted by Crippen LogP contribution is -2.34. The van der Waals surface area contributed by atoms with Crippen molar-refractivity contribution in [3.63, 3.8) is 0 Å². The Kier molecular flexibility index (Phi) is 5.31. The molecule has 1 aromatic carbocycles. The molecule has 0 spiro atoms. The molecule has 2 amide bonds. The van der Waals surface area contributed by atoms with Crippen LogP contribution in [0.3, 0.4) is 0 Å². The van der Waals surface area contributed by atoms with E-state index in [9.17, 15) is 9.59 Å². The standard InChI is InChI=1S/C15H15N3O4/c1-21-12-6-3-2-5-11(12)9-17-18-14(19)10-16-15(20)13-7-4-8-22-13/h2-9H,10H2,1H3,(H,16,20)(H,18,19). The van der Waals surface area contributed by atoms with E-state index in [1.807, 2.05) is 12.1 Å². The van der Waals surface area contributed by atoms with Crippen LogP contribution in [-0.2, 0) is 4.79 Å². The van der Waals surface area contributed by atoms with Crippen LogP contribution in [0.5, 0.6) is 5.75 Å². The van der Waals surface area contributed by atoms with Gasteiger partial charge in [-0.1, -0.05) is 12.1 Å². The molecule has 7 nitrogen and oxygen atoms in total. The van der Waals surface area contributed by atoms with Gasteiger partial charge in [0.1, 0.15) is 5.75 Å². The van der Waals surface area contributed by atoms with Crippen molar-refractivity contribution in [3.8, 4) is 5.75 Å². The number of benzene rings is 1. The fourth-order valence-corrected chi connectivity index (χ4v) is 1.64. The Balaban J connectivity index is 1.80. The molecule has 22 heavy (non-hydrogen) atoms. The first-order chi connectivity index (χ1) is 10.7. The molecule has 0 saturated carbocycles. The second kappa shape index (κ2) is 7.63. The fourth-order valence-electron chi connectivity index (χ4n) is 1.64. The van der Waals surface area contributed by atoms with Crippen molar-refractivity contribution < 1.29 is 18.7 Å². The van der Waals surface area contributed by atoms with Crippen molar-refractivity contribution in [1.82, 2.24) is 10.7 Å². The Morgan fingerprint density at radius 1 is 1.27 bits per heavy atom. The molecule has 2 rings (SSSR count). The number of hydrogen-bond acceptors (Lipinski definition) is 5. The summed E-state index contributed by atoms with van der Waals surface area (Å²) in [6.07, 6.45) is 2.84. The molecule has 0 saturated heterocycles. The first kappa shape index (κ1) is 15.3. The lowest BCUT2D eigenvalue weighted by molar-refractivity contribution is -0.120. The zero-order chi connectivity index (χ0) is 15.8. The molecule has 114 valence electrons. The number of hydrazone groups is 1. The third kappa shape index (κ3) is 4.20. The molecule has 2 aromatic rings. The van der Waals surface area contributed by atoms with Crippen LogP contribution >= 0.6 is 0 Å². The van der Waals surface area contributed by atoms with E-state index in [1.54, 1.807) is 25.3 Å². The molecule has 7 heteroatoms. The van der Waals surface area contributed by atoms with Crippen LogP contribution in [0.4, 0.5) is 0 Å². The van der Waals surface area contributed by atoms with E-state index in [1.165, 1.54) is 18.5 Å². The normalized spacial score (nSPS) is 10.4. The van der Waals surface area contributed by atoms with Crippen LogP contribution in [0.1, 0.15) is 16.1 Å². The van der Waals surface area contributed by atoms with Gasteiger partial charge in [-0.15, -0.1) is 0 Å². The maximum absolute atomic E-state index is 11.6. The van der Waals surface area contributed by atoms with Gasteiger partial charge in [0.25, 0.3) is 11.8 Å². The van der Waals surface area contributed by atoms with Crippen molar-refractivity contribution >= 4 is 18.0 Å². The number of furan rings is 1. The number of carbonyl (C=O) groups is 2. The Labute approximate surface area is 127 Å². The second-order valence-electron chi connectivity index (χ2n) is 4.20. The number of hydrogen-bond donors (Lipinski definition) is 2. The molecule has 0 aliphatic rings. The van der Waals surface area contributed by atoms with Crippen LogP contribution in [0, 0.1) is 0 Å². The molecule has 0 aliphatic carbocycles. The van der Waals surface area contributed by atoms with Crippen molar-refractivity contribution in [2.24, 2.45) is 5.10 Å². The largest absolute Gasteiger partial charge is 0.496 e. The Bertz CT molecular complexity index is 665. The number of nitrogens with zero attached hydrogens (tertiary/aromatic N) is 1. The quantitative estimate of drug-likeness (QED) is 0.618. The molecule has 0 atom stereocenters. The maximum atomic E-state index is 11.6. The van der Waals surface area contributed by atoms with Gasteiger partial charge in [0, 0.05) is 5.56 Å². The van der Waals surface area contributed by atoms with Crippen LogP contribution in [0.15, 0.2) is 52.2 Å². The topological polar surface area (TPSA) is 92.9 Å². The Morgan fingerprint density at radius 3 is 2.82 bits per heavy atom. The molecule has 1 heterocycles. The molecular weight excluding hydrogens is 286 g/mol. The third-order valence-electron chi connectivity index (χ3n) is 2.69. The van der Waals surface area contributed by atoms with Crippen LogP contribution in [0.25, 0.3) is 0 Å². The smallest absolute Gasteiger partial charge is 0.287 e. The lowest BCUT2D eigenvalue weighted by atomic mass is 10.2. The highest BCUT2D eigenvalue weighted by molar-refractivity contribution is 5.94. The van der Waals surface area contributed by atoms with E-state index in [0.29, 0.717) is 5.75 Å². The summed E-state index contributed by atoms with van der Waals surface area (Å²) in [5.74, 6) is -0.128. The summed E-state index contributed by atoms with van der Waals surface area (Å²) < 4.78 is 10.1. The molecule has 0 unspecified atom stereocenters.